The van der Waals surface area contributed by atoms with E-state index in [-0.39, 0.29) is 16.7 Å². The molecule has 2 aliphatic rings. The van der Waals surface area contributed by atoms with Gasteiger partial charge in [0, 0.05) is 18.7 Å². The summed E-state index contributed by atoms with van der Waals surface area (Å²) in [4.78, 5) is 14.9. The fourth-order valence-electron chi connectivity index (χ4n) is 3.75. The van der Waals surface area contributed by atoms with Gasteiger partial charge in [0.2, 0.25) is 5.91 Å². The SMILES string of the molecule is C[C@H](CC(=O)N1CCS[C@@H]1c1ccc2c(c1)OCCO2)CC(C)(C)C. The number of hydrogen-bond acceptors (Lipinski definition) is 4. The van der Waals surface area contributed by atoms with E-state index in [1.807, 2.05) is 28.8 Å². The minimum absolute atomic E-state index is 0.0881. The van der Waals surface area contributed by atoms with Crippen LogP contribution in [0.4, 0.5) is 0 Å². The molecule has 138 valence electrons. The molecule has 1 fully saturated rings. The van der Waals surface area contributed by atoms with Crippen molar-refractivity contribution < 1.29 is 14.3 Å². The summed E-state index contributed by atoms with van der Waals surface area (Å²) in [6.07, 6.45) is 1.69. The summed E-state index contributed by atoms with van der Waals surface area (Å²) in [7, 11) is 0. The summed E-state index contributed by atoms with van der Waals surface area (Å²) in [5, 5.41) is 0.0881. The highest BCUT2D eigenvalue weighted by Gasteiger charge is 2.32. The lowest BCUT2D eigenvalue weighted by molar-refractivity contribution is -0.132. The van der Waals surface area contributed by atoms with Crippen molar-refractivity contribution in [2.24, 2.45) is 11.3 Å². The van der Waals surface area contributed by atoms with Gasteiger partial charge in [0.05, 0.1) is 0 Å². The zero-order valence-corrected chi connectivity index (χ0v) is 16.5. The first-order valence-corrected chi connectivity index (χ1v) is 10.2. The van der Waals surface area contributed by atoms with Crippen LogP contribution in [0.25, 0.3) is 0 Å². The van der Waals surface area contributed by atoms with Crippen LogP contribution in [0.3, 0.4) is 0 Å². The molecule has 0 aromatic heterocycles. The molecule has 0 bridgehead atoms. The molecule has 0 radical (unpaired) electrons. The van der Waals surface area contributed by atoms with Crippen molar-refractivity contribution in [3.05, 3.63) is 23.8 Å². The molecule has 0 N–H and O–H groups in total. The molecule has 0 unspecified atom stereocenters. The molecule has 1 aromatic rings. The van der Waals surface area contributed by atoms with E-state index in [0.717, 1.165) is 35.8 Å². The summed E-state index contributed by atoms with van der Waals surface area (Å²) in [6, 6.07) is 6.07. The number of carbonyl (C=O) groups is 1. The Kier molecular flexibility index (Phi) is 5.52. The highest BCUT2D eigenvalue weighted by molar-refractivity contribution is 7.99. The van der Waals surface area contributed by atoms with Crippen LogP contribution in [-0.2, 0) is 4.79 Å². The van der Waals surface area contributed by atoms with E-state index in [9.17, 15) is 4.79 Å². The van der Waals surface area contributed by atoms with E-state index >= 15 is 0 Å². The average molecular weight is 364 g/mol. The van der Waals surface area contributed by atoms with Gasteiger partial charge >= 0.3 is 0 Å². The third kappa shape index (κ3) is 4.63. The van der Waals surface area contributed by atoms with Crippen LogP contribution in [0.1, 0.15) is 51.5 Å². The molecular weight excluding hydrogens is 334 g/mol. The number of ether oxygens (including phenoxy) is 2. The minimum atomic E-state index is 0.0881. The molecule has 1 amide bonds. The van der Waals surface area contributed by atoms with E-state index < -0.39 is 0 Å². The van der Waals surface area contributed by atoms with Crippen molar-refractivity contribution in [2.45, 2.75) is 45.9 Å². The Bertz CT molecular complexity index is 626. The van der Waals surface area contributed by atoms with E-state index in [2.05, 4.69) is 33.8 Å². The molecule has 1 saturated heterocycles. The van der Waals surface area contributed by atoms with Gasteiger partial charge in [-0.2, -0.15) is 0 Å². The van der Waals surface area contributed by atoms with Crippen molar-refractivity contribution in [1.82, 2.24) is 4.90 Å². The van der Waals surface area contributed by atoms with Crippen LogP contribution < -0.4 is 9.47 Å². The summed E-state index contributed by atoms with van der Waals surface area (Å²) < 4.78 is 11.3. The quantitative estimate of drug-likeness (QED) is 0.790. The van der Waals surface area contributed by atoms with Crippen LogP contribution in [0.15, 0.2) is 18.2 Å². The molecule has 2 aliphatic heterocycles. The van der Waals surface area contributed by atoms with Crippen LogP contribution >= 0.6 is 11.8 Å². The molecule has 25 heavy (non-hydrogen) atoms. The van der Waals surface area contributed by atoms with Crippen molar-refractivity contribution in [1.29, 1.82) is 0 Å². The van der Waals surface area contributed by atoms with Gasteiger partial charge in [-0.15, -0.1) is 11.8 Å². The first kappa shape index (κ1) is 18.4. The predicted octanol–water partition coefficient (Wildman–Crippen LogP) is 4.49. The van der Waals surface area contributed by atoms with E-state index in [1.54, 1.807) is 0 Å². The first-order valence-electron chi connectivity index (χ1n) is 9.14. The van der Waals surface area contributed by atoms with Gasteiger partial charge in [-0.25, -0.2) is 0 Å². The van der Waals surface area contributed by atoms with Crippen LogP contribution in [0.5, 0.6) is 11.5 Å². The van der Waals surface area contributed by atoms with Crippen LogP contribution in [-0.4, -0.2) is 36.3 Å². The van der Waals surface area contributed by atoms with Crippen LogP contribution in [0.2, 0.25) is 0 Å². The fraction of sp³-hybridized carbons (Fsp3) is 0.650. The number of thioether (sulfide) groups is 1. The monoisotopic (exact) mass is 363 g/mol. The molecule has 3 rings (SSSR count). The fourth-order valence-corrected chi connectivity index (χ4v) is 5.02. The van der Waals surface area contributed by atoms with Crippen molar-refractivity contribution in [3.8, 4) is 11.5 Å². The molecule has 4 nitrogen and oxygen atoms in total. The first-order chi connectivity index (χ1) is 11.8. The molecule has 1 aromatic carbocycles. The lowest BCUT2D eigenvalue weighted by Gasteiger charge is -2.28. The molecule has 5 heteroatoms. The number of nitrogens with zero attached hydrogens (tertiary/aromatic N) is 1. The lowest BCUT2D eigenvalue weighted by Crippen LogP contribution is -2.32. The van der Waals surface area contributed by atoms with Gasteiger partial charge in [0.25, 0.3) is 0 Å². The Morgan fingerprint density at radius 1 is 1.28 bits per heavy atom. The number of carbonyl (C=O) groups excluding carboxylic acids is 1. The Hall–Kier alpha value is -1.36. The molecule has 2 heterocycles. The van der Waals surface area contributed by atoms with Gasteiger partial charge in [-0.3, -0.25) is 4.79 Å². The highest BCUT2D eigenvalue weighted by atomic mass is 32.2. The largest absolute Gasteiger partial charge is 0.486 e. The van der Waals surface area contributed by atoms with Crippen LogP contribution in [0, 0.1) is 11.3 Å². The second-order valence-corrected chi connectivity index (χ2v) is 9.48. The van der Waals surface area contributed by atoms with E-state index in [4.69, 9.17) is 9.47 Å². The number of fused-ring (bicyclic) bond motifs is 1. The summed E-state index contributed by atoms with van der Waals surface area (Å²) >= 11 is 1.83. The molecular formula is C20H29NO3S. The second-order valence-electron chi connectivity index (χ2n) is 8.29. The second kappa shape index (κ2) is 7.48. The predicted molar refractivity (Wildman–Crippen MR) is 102 cm³/mol. The normalized spacial score (nSPS) is 21.3. The Labute approximate surface area is 155 Å². The Balaban J connectivity index is 1.69. The molecule has 0 aliphatic carbocycles. The highest BCUT2D eigenvalue weighted by Crippen LogP contribution is 2.42. The van der Waals surface area contributed by atoms with Gasteiger partial charge < -0.3 is 14.4 Å². The third-order valence-corrected chi connectivity index (χ3v) is 5.81. The molecule has 0 saturated carbocycles. The number of hydrogen-bond donors (Lipinski definition) is 0. The zero-order valence-electron chi connectivity index (χ0n) is 15.7. The topological polar surface area (TPSA) is 38.8 Å². The van der Waals surface area contributed by atoms with E-state index in [1.165, 1.54) is 0 Å². The summed E-state index contributed by atoms with van der Waals surface area (Å²) in [5.74, 6) is 3.25. The Morgan fingerprint density at radius 2 is 2.00 bits per heavy atom. The minimum Gasteiger partial charge on any atom is -0.486 e. The standard InChI is InChI=1S/C20H29NO3S/c1-14(13-20(2,3)4)11-18(22)21-7-10-25-19(21)15-5-6-16-17(12-15)24-9-8-23-16/h5-6,12,14,19H,7-11,13H2,1-4H3/t14-,19-/m1/s1. The number of amides is 1. The number of rotatable bonds is 4. The number of benzene rings is 1. The maximum Gasteiger partial charge on any atom is 0.224 e. The van der Waals surface area contributed by atoms with Crippen molar-refractivity contribution in [3.63, 3.8) is 0 Å². The molecule has 0 spiro atoms. The van der Waals surface area contributed by atoms with E-state index in [0.29, 0.717) is 25.6 Å². The maximum atomic E-state index is 12.9. The summed E-state index contributed by atoms with van der Waals surface area (Å²) in [6.45, 7) is 10.9. The van der Waals surface area contributed by atoms with Gasteiger partial charge in [0.15, 0.2) is 11.5 Å². The molecule has 2 atom stereocenters. The lowest BCUT2D eigenvalue weighted by atomic mass is 9.84. The van der Waals surface area contributed by atoms with Crippen molar-refractivity contribution in [2.75, 3.05) is 25.5 Å². The van der Waals surface area contributed by atoms with Gasteiger partial charge in [-0.1, -0.05) is 33.8 Å². The van der Waals surface area contributed by atoms with Crippen molar-refractivity contribution >= 4 is 17.7 Å². The Morgan fingerprint density at radius 3 is 2.72 bits per heavy atom. The maximum absolute atomic E-state index is 12.9. The van der Waals surface area contributed by atoms with Gasteiger partial charge in [0.1, 0.15) is 18.6 Å². The average Bonchev–Trinajstić information content (AvgIpc) is 3.02. The van der Waals surface area contributed by atoms with Gasteiger partial charge in [-0.05, 0) is 35.4 Å². The smallest absolute Gasteiger partial charge is 0.224 e. The zero-order chi connectivity index (χ0) is 18.0. The third-order valence-electron chi connectivity index (χ3n) is 4.55. The summed E-state index contributed by atoms with van der Waals surface area (Å²) in [5.41, 5.74) is 1.39.